The minimum absolute atomic E-state index is 0.0619. The molecule has 1 aliphatic heterocycles. The number of nitrogens with two attached hydrogens (primary N) is 1. The van der Waals surface area contributed by atoms with Crippen LogP contribution in [0.3, 0.4) is 0 Å². The zero-order valence-corrected chi connectivity index (χ0v) is 12.9. The first-order chi connectivity index (χ1) is 10.1. The molecule has 0 aromatic heterocycles. The number of carbonyl (C=O) groups excluding carboxylic acids is 1. The van der Waals surface area contributed by atoms with Gasteiger partial charge < -0.3 is 20.7 Å². The van der Waals surface area contributed by atoms with E-state index in [1.165, 1.54) is 6.42 Å². The van der Waals surface area contributed by atoms with Crippen LogP contribution in [0.15, 0.2) is 18.2 Å². The third kappa shape index (κ3) is 4.11. The molecule has 2 rings (SSSR count). The fourth-order valence-electron chi connectivity index (χ4n) is 2.72. The molecule has 21 heavy (non-hydrogen) atoms. The van der Waals surface area contributed by atoms with Crippen LogP contribution in [0.4, 0.5) is 11.4 Å². The number of hydrogen-bond donors (Lipinski definition) is 2. The summed E-state index contributed by atoms with van der Waals surface area (Å²) in [6, 6.07) is 5.43. The van der Waals surface area contributed by atoms with Crippen LogP contribution in [-0.4, -0.2) is 39.3 Å². The van der Waals surface area contributed by atoms with Gasteiger partial charge in [0.1, 0.15) is 0 Å². The number of rotatable bonds is 5. The molecule has 5 nitrogen and oxygen atoms in total. The molecule has 1 fully saturated rings. The molecular weight excluding hydrogens is 266 g/mol. The topological polar surface area (TPSA) is 67.6 Å². The summed E-state index contributed by atoms with van der Waals surface area (Å²) in [6.45, 7) is 5.09. The molecule has 3 N–H and O–H groups in total. The van der Waals surface area contributed by atoms with Gasteiger partial charge in [0.15, 0.2) is 0 Å². The first-order valence-corrected chi connectivity index (χ1v) is 7.58. The first-order valence-electron chi connectivity index (χ1n) is 7.58. The second-order valence-electron chi connectivity index (χ2n) is 5.60. The summed E-state index contributed by atoms with van der Waals surface area (Å²) in [5, 5.41) is 2.81. The standard InChI is InChI=1S/C16H25N3O2/c1-3-18-16(20)13-6-7-14(17)15(9-13)19(2)10-12-5-4-8-21-11-12/h6-7,9,12H,3-5,8,10-11,17H2,1-2H3,(H,18,20). The molecule has 0 saturated carbocycles. The van der Waals surface area contributed by atoms with Gasteiger partial charge in [-0.2, -0.15) is 0 Å². The van der Waals surface area contributed by atoms with Crippen molar-refractivity contribution in [3.63, 3.8) is 0 Å². The highest BCUT2D eigenvalue weighted by molar-refractivity contribution is 5.96. The Kier molecular flexibility index (Phi) is 5.44. The van der Waals surface area contributed by atoms with Crippen LogP contribution in [0.2, 0.25) is 0 Å². The van der Waals surface area contributed by atoms with Crippen LogP contribution in [0, 0.1) is 5.92 Å². The molecule has 1 amide bonds. The van der Waals surface area contributed by atoms with Gasteiger partial charge in [-0.15, -0.1) is 0 Å². The van der Waals surface area contributed by atoms with E-state index >= 15 is 0 Å². The summed E-state index contributed by atoms with van der Waals surface area (Å²) in [7, 11) is 2.02. The number of nitrogens with one attached hydrogen (secondary N) is 1. The second-order valence-corrected chi connectivity index (χ2v) is 5.60. The number of hydrogen-bond acceptors (Lipinski definition) is 4. The number of amides is 1. The molecule has 0 bridgehead atoms. The lowest BCUT2D eigenvalue weighted by Gasteiger charge is -2.29. The van der Waals surface area contributed by atoms with Crippen LogP contribution in [-0.2, 0) is 4.74 Å². The van der Waals surface area contributed by atoms with Crippen molar-refractivity contribution >= 4 is 17.3 Å². The number of nitrogen functional groups attached to an aromatic ring is 1. The Balaban J connectivity index is 2.09. The Bertz CT molecular complexity index is 484. The lowest BCUT2D eigenvalue weighted by Crippen LogP contribution is -2.31. The van der Waals surface area contributed by atoms with Crippen molar-refractivity contribution < 1.29 is 9.53 Å². The highest BCUT2D eigenvalue weighted by Crippen LogP contribution is 2.26. The van der Waals surface area contributed by atoms with Crippen molar-refractivity contribution in [1.29, 1.82) is 0 Å². The van der Waals surface area contributed by atoms with E-state index in [2.05, 4.69) is 10.2 Å². The number of carbonyl (C=O) groups is 1. The molecule has 0 spiro atoms. The normalized spacial score (nSPS) is 18.3. The van der Waals surface area contributed by atoms with Gasteiger partial charge in [-0.1, -0.05) is 0 Å². The summed E-state index contributed by atoms with van der Waals surface area (Å²) in [6.07, 6.45) is 2.30. The molecule has 5 heteroatoms. The van der Waals surface area contributed by atoms with E-state index in [0.717, 1.165) is 31.9 Å². The van der Waals surface area contributed by atoms with Crippen molar-refractivity contribution in [1.82, 2.24) is 5.32 Å². The molecular formula is C16H25N3O2. The van der Waals surface area contributed by atoms with Gasteiger partial charge in [-0.3, -0.25) is 4.79 Å². The summed E-state index contributed by atoms with van der Waals surface area (Å²) in [5.74, 6) is 0.462. The van der Waals surface area contributed by atoms with E-state index in [9.17, 15) is 4.79 Å². The third-order valence-corrected chi connectivity index (χ3v) is 3.83. The average molecular weight is 291 g/mol. The summed E-state index contributed by atoms with van der Waals surface area (Å²) >= 11 is 0. The van der Waals surface area contributed by atoms with E-state index in [-0.39, 0.29) is 5.91 Å². The van der Waals surface area contributed by atoms with Gasteiger partial charge in [0.2, 0.25) is 0 Å². The van der Waals surface area contributed by atoms with Crippen molar-refractivity contribution in [3.05, 3.63) is 23.8 Å². The summed E-state index contributed by atoms with van der Waals surface area (Å²) in [4.78, 5) is 14.1. The highest BCUT2D eigenvalue weighted by atomic mass is 16.5. The predicted octanol–water partition coefficient (Wildman–Crippen LogP) is 1.88. The minimum Gasteiger partial charge on any atom is -0.397 e. The van der Waals surface area contributed by atoms with E-state index in [1.807, 2.05) is 20.0 Å². The quantitative estimate of drug-likeness (QED) is 0.813. The zero-order valence-electron chi connectivity index (χ0n) is 12.9. The van der Waals surface area contributed by atoms with Crippen molar-refractivity contribution in [2.75, 3.05) is 44.0 Å². The predicted molar refractivity (Wildman–Crippen MR) is 85.7 cm³/mol. The smallest absolute Gasteiger partial charge is 0.251 e. The average Bonchev–Trinajstić information content (AvgIpc) is 2.48. The van der Waals surface area contributed by atoms with Crippen molar-refractivity contribution in [3.8, 4) is 0 Å². The van der Waals surface area contributed by atoms with E-state index in [0.29, 0.717) is 23.7 Å². The Morgan fingerprint density at radius 3 is 3.00 bits per heavy atom. The highest BCUT2D eigenvalue weighted by Gasteiger charge is 2.18. The number of ether oxygens (including phenoxy) is 1. The molecule has 0 aliphatic carbocycles. The Morgan fingerprint density at radius 1 is 1.52 bits per heavy atom. The SMILES string of the molecule is CCNC(=O)c1ccc(N)c(N(C)CC2CCCOC2)c1. The molecule has 1 aromatic rings. The van der Waals surface area contributed by atoms with E-state index < -0.39 is 0 Å². The van der Waals surface area contributed by atoms with Gasteiger partial charge in [-0.05, 0) is 43.9 Å². The van der Waals surface area contributed by atoms with Gasteiger partial charge in [0.05, 0.1) is 18.0 Å². The largest absolute Gasteiger partial charge is 0.397 e. The second kappa shape index (κ2) is 7.31. The van der Waals surface area contributed by atoms with Gasteiger partial charge in [0, 0.05) is 32.3 Å². The van der Waals surface area contributed by atoms with Crippen molar-refractivity contribution in [2.24, 2.45) is 5.92 Å². The van der Waals surface area contributed by atoms with Crippen molar-refractivity contribution in [2.45, 2.75) is 19.8 Å². The molecule has 1 heterocycles. The molecule has 1 unspecified atom stereocenters. The van der Waals surface area contributed by atoms with Crippen LogP contribution in [0.1, 0.15) is 30.1 Å². The lowest BCUT2D eigenvalue weighted by molar-refractivity contribution is 0.0576. The maximum absolute atomic E-state index is 11.9. The third-order valence-electron chi connectivity index (χ3n) is 3.83. The van der Waals surface area contributed by atoms with Crippen LogP contribution in [0.25, 0.3) is 0 Å². The maximum Gasteiger partial charge on any atom is 0.251 e. The van der Waals surface area contributed by atoms with E-state index in [1.54, 1.807) is 12.1 Å². The monoisotopic (exact) mass is 291 g/mol. The fourth-order valence-corrected chi connectivity index (χ4v) is 2.72. The Morgan fingerprint density at radius 2 is 2.33 bits per heavy atom. The number of benzene rings is 1. The van der Waals surface area contributed by atoms with Gasteiger partial charge >= 0.3 is 0 Å². The molecule has 1 atom stereocenters. The first kappa shape index (κ1) is 15.6. The lowest BCUT2D eigenvalue weighted by atomic mass is 10.0. The molecule has 1 aromatic carbocycles. The maximum atomic E-state index is 11.9. The Hall–Kier alpha value is -1.75. The zero-order chi connectivity index (χ0) is 15.2. The molecule has 116 valence electrons. The number of nitrogens with zero attached hydrogens (tertiary/aromatic N) is 1. The summed E-state index contributed by atoms with van der Waals surface area (Å²) < 4.78 is 5.52. The van der Waals surface area contributed by atoms with Crippen LogP contribution < -0.4 is 16.0 Å². The molecule has 0 radical (unpaired) electrons. The van der Waals surface area contributed by atoms with Gasteiger partial charge in [0.25, 0.3) is 5.91 Å². The van der Waals surface area contributed by atoms with Gasteiger partial charge in [-0.25, -0.2) is 0 Å². The van der Waals surface area contributed by atoms with Crippen LogP contribution in [0.5, 0.6) is 0 Å². The number of anilines is 2. The molecule has 1 aliphatic rings. The molecule has 1 saturated heterocycles. The minimum atomic E-state index is -0.0619. The summed E-state index contributed by atoms with van der Waals surface area (Å²) in [5.41, 5.74) is 8.31. The van der Waals surface area contributed by atoms with Crippen LogP contribution >= 0.6 is 0 Å². The Labute approximate surface area is 126 Å². The fraction of sp³-hybridized carbons (Fsp3) is 0.562. The van der Waals surface area contributed by atoms with E-state index in [4.69, 9.17) is 10.5 Å².